The standard InChI is InChI=1S/C16H25Cl2N/c1-3-5-6-7-11-15(19-12-4-2)16-13(17)9-8-10-14(16)18/h8-10,15,19H,3-7,11-12H2,1-2H3. The van der Waals surface area contributed by atoms with E-state index in [0.29, 0.717) is 0 Å². The van der Waals surface area contributed by atoms with Crippen LogP contribution in [-0.2, 0) is 0 Å². The average Bonchev–Trinajstić information content (AvgIpc) is 2.39. The molecular weight excluding hydrogens is 277 g/mol. The van der Waals surface area contributed by atoms with Crippen molar-refractivity contribution in [1.29, 1.82) is 0 Å². The minimum atomic E-state index is 0.276. The molecule has 0 saturated carbocycles. The number of nitrogens with one attached hydrogen (secondary N) is 1. The summed E-state index contributed by atoms with van der Waals surface area (Å²) >= 11 is 12.6. The third-order valence-electron chi connectivity index (χ3n) is 3.34. The van der Waals surface area contributed by atoms with E-state index in [9.17, 15) is 0 Å². The van der Waals surface area contributed by atoms with Crippen molar-refractivity contribution in [1.82, 2.24) is 5.32 Å². The second-order valence-electron chi connectivity index (χ2n) is 4.99. The van der Waals surface area contributed by atoms with Gasteiger partial charge in [-0.25, -0.2) is 0 Å². The fourth-order valence-electron chi connectivity index (χ4n) is 2.29. The molecule has 1 nitrogen and oxygen atoms in total. The zero-order valence-electron chi connectivity index (χ0n) is 12.0. The largest absolute Gasteiger partial charge is 0.310 e. The molecule has 1 N–H and O–H groups in total. The highest BCUT2D eigenvalue weighted by Gasteiger charge is 2.16. The van der Waals surface area contributed by atoms with Gasteiger partial charge in [-0.3, -0.25) is 0 Å². The van der Waals surface area contributed by atoms with Crippen LogP contribution in [-0.4, -0.2) is 6.54 Å². The van der Waals surface area contributed by atoms with Gasteiger partial charge in [-0.15, -0.1) is 0 Å². The monoisotopic (exact) mass is 301 g/mol. The van der Waals surface area contributed by atoms with Crippen molar-refractivity contribution in [3.63, 3.8) is 0 Å². The van der Waals surface area contributed by atoms with Crippen molar-refractivity contribution in [3.8, 4) is 0 Å². The molecule has 1 rings (SSSR count). The molecule has 1 aromatic carbocycles. The van der Waals surface area contributed by atoms with Gasteiger partial charge in [0.15, 0.2) is 0 Å². The molecule has 1 aromatic rings. The van der Waals surface area contributed by atoms with Gasteiger partial charge >= 0.3 is 0 Å². The number of hydrogen-bond donors (Lipinski definition) is 1. The van der Waals surface area contributed by atoms with Crippen molar-refractivity contribution < 1.29 is 0 Å². The minimum Gasteiger partial charge on any atom is -0.310 e. The summed E-state index contributed by atoms with van der Waals surface area (Å²) in [5, 5.41) is 5.12. The van der Waals surface area contributed by atoms with Crippen LogP contribution in [0.15, 0.2) is 18.2 Å². The van der Waals surface area contributed by atoms with E-state index < -0.39 is 0 Å². The summed E-state index contributed by atoms with van der Waals surface area (Å²) in [6.45, 7) is 5.41. The summed E-state index contributed by atoms with van der Waals surface area (Å²) < 4.78 is 0. The van der Waals surface area contributed by atoms with Gasteiger partial charge in [-0.05, 0) is 31.5 Å². The summed E-state index contributed by atoms with van der Waals surface area (Å²) in [6, 6.07) is 6.03. The average molecular weight is 302 g/mol. The molecule has 0 aliphatic heterocycles. The lowest BCUT2D eigenvalue weighted by atomic mass is 9.99. The molecule has 0 aromatic heterocycles. The molecule has 0 aliphatic rings. The fourth-order valence-corrected chi connectivity index (χ4v) is 2.95. The Morgan fingerprint density at radius 2 is 1.68 bits per heavy atom. The van der Waals surface area contributed by atoms with Gasteiger partial charge in [0, 0.05) is 21.7 Å². The van der Waals surface area contributed by atoms with E-state index >= 15 is 0 Å². The minimum absolute atomic E-state index is 0.276. The molecule has 0 radical (unpaired) electrons. The number of hydrogen-bond acceptors (Lipinski definition) is 1. The molecule has 0 saturated heterocycles. The van der Waals surface area contributed by atoms with E-state index in [0.717, 1.165) is 35.0 Å². The molecule has 3 heteroatoms. The molecule has 0 fully saturated rings. The van der Waals surface area contributed by atoms with Crippen LogP contribution in [0.1, 0.15) is 64.0 Å². The zero-order valence-corrected chi connectivity index (χ0v) is 13.5. The van der Waals surface area contributed by atoms with Gasteiger partial charge < -0.3 is 5.32 Å². The molecule has 0 amide bonds. The van der Waals surface area contributed by atoms with Crippen molar-refractivity contribution in [3.05, 3.63) is 33.8 Å². The van der Waals surface area contributed by atoms with Gasteiger partial charge in [0.1, 0.15) is 0 Å². The Kier molecular flexibility index (Phi) is 8.52. The molecule has 108 valence electrons. The van der Waals surface area contributed by atoms with Crippen LogP contribution in [0.25, 0.3) is 0 Å². The third kappa shape index (κ3) is 5.72. The lowest BCUT2D eigenvalue weighted by Gasteiger charge is -2.21. The summed E-state index contributed by atoms with van der Waals surface area (Å²) in [7, 11) is 0. The highest BCUT2D eigenvalue weighted by molar-refractivity contribution is 6.36. The summed E-state index contributed by atoms with van der Waals surface area (Å²) in [5.74, 6) is 0. The van der Waals surface area contributed by atoms with Crippen LogP contribution in [0.5, 0.6) is 0 Å². The maximum atomic E-state index is 6.32. The van der Waals surface area contributed by atoms with Crippen LogP contribution in [0.3, 0.4) is 0 Å². The van der Waals surface area contributed by atoms with Crippen molar-refractivity contribution in [2.75, 3.05) is 6.54 Å². The molecule has 0 spiro atoms. The topological polar surface area (TPSA) is 12.0 Å². The van der Waals surface area contributed by atoms with Crippen molar-refractivity contribution >= 4 is 23.2 Å². The summed E-state index contributed by atoms with van der Waals surface area (Å²) in [5.41, 5.74) is 1.07. The number of benzene rings is 1. The van der Waals surface area contributed by atoms with E-state index in [2.05, 4.69) is 19.2 Å². The Morgan fingerprint density at radius 3 is 2.26 bits per heavy atom. The smallest absolute Gasteiger partial charge is 0.0468 e. The fraction of sp³-hybridized carbons (Fsp3) is 0.625. The van der Waals surface area contributed by atoms with E-state index in [1.807, 2.05) is 18.2 Å². The first-order valence-corrected chi connectivity index (χ1v) is 8.13. The highest BCUT2D eigenvalue weighted by Crippen LogP contribution is 2.33. The number of halogens is 2. The van der Waals surface area contributed by atoms with Gasteiger partial charge in [0.25, 0.3) is 0 Å². The molecule has 1 unspecified atom stereocenters. The molecule has 0 heterocycles. The number of unbranched alkanes of at least 4 members (excludes halogenated alkanes) is 3. The molecule has 0 bridgehead atoms. The lowest BCUT2D eigenvalue weighted by molar-refractivity contribution is 0.471. The van der Waals surface area contributed by atoms with E-state index in [1.54, 1.807) is 0 Å². The Hall–Kier alpha value is -0.240. The van der Waals surface area contributed by atoms with Crippen LogP contribution in [0, 0.1) is 0 Å². The SMILES string of the molecule is CCCCCCC(NCCC)c1c(Cl)cccc1Cl. The quantitative estimate of drug-likeness (QED) is 0.551. The van der Waals surface area contributed by atoms with Gasteiger partial charge in [-0.2, -0.15) is 0 Å². The van der Waals surface area contributed by atoms with Gasteiger partial charge in [-0.1, -0.05) is 68.8 Å². The van der Waals surface area contributed by atoms with E-state index in [1.165, 1.54) is 25.7 Å². The molecule has 0 aliphatic carbocycles. The zero-order chi connectivity index (χ0) is 14.1. The Morgan fingerprint density at radius 1 is 1.00 bits per heavy atom. The van der Waals surface area contributed by atoms with E-state index in [-0.39, 0.29) is 6.04 Å². The molecule has 1 atom stereocenters. The number of rotatable bonds is 9. The van der Waals surface area contributed by atoms with Crippen LogP contribution in [0.4, 0.5) is 0 Å². The van der Waals surface area contributed by atoms with Gasteiger partial charge in [0.05, 0.1) is 0 Å². The van der Waals surface area contributed by atoms with Crippen LogP contribution in [0.2, 0.25) is 10.0 Å². The predicted octanol–water partition coefficient (Wildman–Crippen LogP) is 6.00. The van der Waals surface area contributed by atoms with Crippen molar-refractivity contribution in [2.45, 2.75) is 58.4 Å². The second kappa shape index (κ2) is 9.63. The third-order valence-corrected chi connectivity index (χ3v) is 3.99. The second-order valence-corrected chi connectivity index (χ2v) is 5.81. The maximum absolute atomic E-state index is 6.32. The molecule has 19 heavy (non-hydrogen) atoms. The Bertz CT molecular complexity index is 346. The first kappa shape index (κ1) is 16.8. The normalized spacial score (nSPS) is 12.6. The van der Waals surface area contributed by atoms with E-state index in [4.69, 9.17) is 23.2 Å². The van der Waals surface area contributed by atoms with Crippen LogP contribution < -0.4 is 5.32 Å². The summed E-state index contributed by atoms with van der Waals surface area (Å²) in [4.78, 5) is 0. The first-order valence-electron chi connectivity index (χ1n) is 7.38. The van der Waals surface area contributed by atoms with Crippen LogP contribution >= 0.6 is 23.2 Å². The predicted molar refractivity (Wildman–Crippen MR) is 86.3 cm³/mol. The maximum Gasteiger partial charge on any atom is 0.0468 e. The summed E-state index contributed by atoms with van der Waals surface area (Å²) in [6.07, 6.45) is 7.29. The highest BCUT2D eigenvalue weighted by atomic mass is 35.5. The first-order chi connectivity index (χ1) is 9.20. The molecular formula is C16H25Cl2N. The van der Waals surface area contributed by atoms with Gasteiger partial charge in [0.2, 0.25) is 0 Å². The lowest BCUT2D eigenvalue weighted by Crippen LogP contribution is -2.22. The Balaban J connectivity index is 2.71. The Labute approximate surface area is 127 Å². The van der Waals surface area contributed by atoms with Crippen molar-refractivity contribution in [2.24, 2.45) is 0 Å².